The van der Waals surface area contributed by atoms with Gasteiger partial charge in [-0.2, -0.15) is 0 Å². The van der Waals surface area contributed by atoms with Gasteiger partial charge >= 0.3 is 0 Å². The summed E-state index contributed by atoms with van der Waals surface area (Å²) in [4.78, 5) is 13.6. The molecule has 1 aliphatic carbocycles. The van der Waals surface area contributed by atoms with Crippen molar-refractivity contribution >= 4 is 22.2 Å². The molecule has 0 aromatic heterocycles. The van der Waals surface area contributed by atoms with Crippen molar-refractivity contribution in [3.05, 3.63) is 119 Å². The number of phenolic OH excluding ortho intramolecular Hbond substituents is 1. The second kappa shape index (κ2) is 19.5. The Kier molecular flexibility index (Phi) is 14.0. The third kappa shape index (κ3) is 10.9. The van der Waals surface area contributed by atoms with Gasteiger partial charge < -0.3 is 34.8 Å². The Labute approximate surface area is 331 Å². The molecule has 6 bridgehead atoms. The summed E-state index contributed by atoms with van der Waals surface area (Å²) in [6.45, 7) is 4.69. The number of hydrogen-bond acceptors (Lipinski definition) is 8. The smallest absolute Gasteiger partial charge is 0.161 e. The summed E-state index contributed by atoms with van der Waals surface area (Å²) in [6.07, 6.45) is 14.3. The molecule has 0 unspecified atom stereocenters. The molecule has 56 heavy (non-hydrogen) atoms. The fourth-order valence-corrected chi connectivity index (χ4v) is 7.80. The number of aryl methyl sites for hydroxylation is 3. The molecule has 294 valence electrons. The predicted octanol–water partition coefficient (Wildman–Crippen LogP) is 9.33. The summed E-state index contributed by atoms with van der Waals surface area (Å²) in [7, 11) is 1.62. The highest BCUT2D eigenvalue weighted by molar-refractivity contribution is 5.91. The van der Waals surface area contributed by atoms with E-state index in [1.807, 2.05) is 54.6 Å². The van der Waals surface area contributed by atoms with E-state index in [-0.39, 0.29) is 42.0 Å². The van der Waals surface area contributed by atoms with Gasteiger partial charge in [-0.3, -0.25) is 4.79 Å². The molecule has 0 amide bonds. The minimum atomic E-state index is -0.484. The number of aliphatic hydroxyl groups excluding tert-OH is 2. The van der Waals surface area contributed by atoms with Gasteiger partial charge in [0.25, 0.3) is 0 Å². The third-order valence-electron chi connectivity index (χ3n) is 10.9. The van der Waals surface area contributed by atoms with E-state index < -0.39 is 12.2 Å². The average Bonchev–Trinajstić information content (AvgIpc) is 3.19. The highest BCUT2D eigenvalue weighted by Gasteiger charge is 2.27. The molecule has 4 N–H and O–H groups in total. The molecular formula is C48H55NO7. The molecule has 0 saturated heterocycles. The number of carbonyl (C=O) groups excluding carboxylic acids is 1. The van der Waals surface area contributed by atoms with Gasteiger partial charge in [0.2, 0.25) is 0 Å². The van der Waals surface area contributed by atoms with Gasteiger partial charge in [0.05, 0.1) is 13.2 Å². The summed E-state index contributed by atoms with van der Waals surface area (Å²) in [5.74, 6) is 5.03. The number of phenols is 1. The van der Waals surface area contributed by atoms with E-state index in [1.165, 1.54) is 5.56 Å². The Morgan fingerprint density at radius 2 is 1.84 bits per heavy atom. The minimum Gasteiger partial charge on any atom is -0.508 e. The lowest BCUT2D eigenvalue weighted by molar-refractivity contribution is -0.121. The zero-order valence-corrected chi connectivity index (χ0v) is 32.9. The number of hydrogen-bond donors (Lipinski definition) is 4. The van der Waals surface area contributed by atoms with Crippen LogP contribution in [0.1, 0.15) is 80.2 Å². The van der Waals surface area contributed by atoms with Crippen molar-refractivity contribution in [2.24, 2.45) is 11.8 Å². The number of benzene rings is 4. The lowest BCUT2D eigenvalue weighted by Gasteiger charge is -2.28. The van der Waals surface area contributed by atoms with Crippen molar-refractivity contribution in [1.29, 1.82) is 0 Å². The molecule has 2 heterocycles. The maximum atomic E-state index is 13.6. The van der Waals surface area contributed by atoms with Gasteiger partial charge in [0.1, 0.15) is 36.1 Å². The van der Waals surface area contributed by atoms with Crippen molar-refractivity contribution < 1.29 is 34.3 Å². The number of allylic oxidation sites excluding steroid dienone is 3. The van der Waals surface area contributed by atoms with Crippen molar-refractivity contribution in [2.75, 3.05) is 19.0 Å². The number of methoxy groups -OCH3 is 1. The third-order valence-corrected chi connectivity index (χ3v) is 10.9. The summed E-state index contributed by atoms with van der Waals surface area (Å²) in [5.41, 5.74) is 5.99. The van der Waals surface area contributed by atoms with Gasteiger partial charge in [-0.25, -0.2) is 0 Å². The largest absolute Gasteiger partial charge is 0.508 e. The monoisotopic (exact) mass is 757 g/mol. The van der Waals surface area contributed by atoms with Gasteiger partial charge in [0.15, 0.2) is 11.5 Å². The van der Waals surface area contributed by atoms with Gasteiger partial charge in [-0.15, -0.1) is 0 Å². The van der Waals surface area contributed by atoms with Gasteiger partial charge in [-0.05, 0) is 139 Å². The number of anilines is 1. The Morgan fingerprint density at radius 3 is 2.66 bits per heavy atom. The average molecular weight is 758 g/mol. The zero-order chi connectivity index (χ0) is 39.4. The summed E-state index contributed by atoms with van der Waals surface area (Å²) >= 11 is 0. The summed E-state index contributed by atoms with van der Waals surface area (Å²) < 4.78 is 18.1. The fraction of sp³-hybridized carbons (Fsp3) is 0.396. The molecule has 4 atom stereocenters. The number of ether oxygens (including phenoxy) is 3. The van der Waals surface area contributed by atoms with E-state index >= 15 is 0 Å². The van der Waals surface area contributed by atoms with Crippen LogP contribution in [0.25, 0.3) is 10.8 Å². The first-order chi connectivity index (χ1) is 27.2. The van der Waals surface area contributed by atoms with Crippen molar-refractivity contribution in [2.45, 2.75) is 96.9 Å². The second-order valence-corrected chi connectivity index (χ2v) is 15.2. The van der Waals surface area contributed by atoms with E-state index in [4.69, 9.17) is 14.2 Å². The molecule has 0 radical (unpaired) electrons. The SMILES string of the molecule is CCc1cc(O)c2c3ccc(cc13)COc1cc(ccc1OC)CCC(=O)C[C@H](C[C@@H]1C=C(O)C=C[C@H]1CCCCc1cccc(NC[C@H](C)O)c1)OC#CC2. The standard InChI is InChI=1S/C48H55NO7/c1-4-36-28-46(53)44-13-8-22-55-42(27-38-26-40(51)19-17-37(38)11-6-5-9-33-10-7-12-39(23-33)49-30-32(2)50)29-41(52)18-14-34-16-21-47(54-3)48(25-34)56-31-35-15-20-43(44)45(36)24-35/h7,10,12,15-17,19-21,23-26,28,32,37-38,42,49-51,53H,4-6,9,11,13-14,18,27,29-31H2,1-3H3/t32-,37+,38-,42-/m0/s1. The quantitative estimate of drug-likeness (QED) is 0.0835. The molecule has 7 rings (SSSR count). The molecule has 0 spiro atoms. The summed E-state index contributed by atoms with van der Waals surface area (Å²) in [5, 5.41) is 36.6. The number of rotatable bonds is 12. The van der Waals surface area contributed by atoms with Crippen LogP contribution in [0.4, 0.5) is 5.69 Å². The molecular weight excluding hydrogens is 703 g/mol. The van der Waals surface area contributed by atoms with Gasteiger partial charge in [0, 0.05) is 37.1 Å². The minimum absolute atomic E-state index is 0.0284. The number of ketones is 1. The number of Topliss-reactive ketones (excluding diaryl/α,β-unsaturated/α-hetero) is 1. The first kappa shape index (κ1) is 40.3. The maximum Gasteiger partial charge on any atom is 0.161 e. The van der Waals surface area contributed by atoms with Crippen LogP contribution < -0.4 is 14.8 Å². The number of carbonyl (C=O) groups is 1. The molecule has 2 aliphatic heterocycles. The normalized spacial score (nSPS) is 19.1. The van der Waals surface area contributed by atoms with Crippen LogP contribution in [-0.4, -0.2) is 47.0 Å². The van der Waals surface area contributed by atoms with Crippen LogP contribution in [-0.2, 0) is 41.8 Å². The Balaban J connectivity index is 1.20. The van der Waals surface area contributed by atoms with Crippen molar-refractivity contribution in [3.63, 3.8) is 0 Å². The molecule has 4 aromatic carbocycles. The van der Waals surface area contributed by atoms with E-state index in [1.54, 1.807) is 20.1 Å². The van der Waals surface area contributed by atoms with E-state index in [2.05, 4.69) is 48.5 Å². The van der Waals surface area contributed by atoms with Crippen LogP contribution in [0, 0.1) is 23.9 Å². The highest BCUT2D eigenvalue weighted by atomic mass is 16.5. The topological polar surface area (TPSA) is 117 Å². The van der Waals surface area contributed by atoms with E-state index in [0.717, 1.165) is 70.8 Å². The van der Waals surface area contributed by atoms with Crippen LogP contribution in [0.2, 0.25) is 0 Å². The molecule has 0 saturated carbocycles. The Hall–Kier alpha value is -5.39. The number of fused-ring (bicyclic) bond motifs is 9. The number of aromatic hydroxyl groups is 1. The number of aliphatic hydroxyl groups is 2. The van der Waals surface area contributed by atoms with Crippen LogP contribution in [0.15, 0.2) is 90.7 Å². The van der Waals surface area contributed by atoms with E-state index in [0.29, 0.717) is 43.9 Å². The fourth-order valence-electron chi connectivity index (χ4n) is 7.80. The number of unbranched alkanes of at least 4 members (excludes halogenated alkanes) is 1. The van der Waals surface area contributed by atoms with Crippen LogP contribution in [0.5, 0.6) is 17.2 Å². The van der Waals surface area contributed by atoms with Crippen LogP contribution >= 0.6 is 0 Å². The van der Waals surface area contributed by atoms with Crippen molar-refractivity contribution in [1.82, 2.24) is 0 Å². The first-order valence-corrected chi connectivity index (χ1v) is 20.0. The Morgan fingerprint density at radius 1 is 0.982 bits per heavy atom. The maximum absolute atomic E-state index is 13.6. The molecule has 3 aliphatic rings. The highest BCUT2D eigenvalue weighted by Crippen LogP contribution is 2.35. The Bertz CT molecular complexity index is 2110. The van der Waals surface area contributed by atoms with Crippen molar-refractivity contribution in [3.8, 4) is 29.3 Å². The molecule has 8 nitrogen and oxygen atoms in total. The van der Waals surface area contributed by atoms with E-state index in [9.17, 15) is 20.1 Å². The molecule has 4 aromatic rings. The lowest BCUT2D eigenvalue weighted by Crippen LogP contribution is -2.24. The molecule has 8 heteroatoms. The zero-order valence-electron chi connectivity index (χ0n) is 32.9. The lowest BCUT2D eigenvalue weighted by atomic mass is 9.80. The predicted molar refractivity (Wildman–Crippen MR) is 222 cm³/mol. The first-order valence-electron chi connectivity index (χ1n) is 20.0. The van der Waals surface area contributed by atoms with Crippen LogP contribution in [0.3, 0.4) is 0 Å². The summed E-state index contributed by atoms with van der Waals surface area (Å²) in [6, 6.07) is 22.1. The van der Waals surface area contributed by atoms with Gasteiger partial charge in [-0.1, -0.05) is 55.7 Å². The molecule has 0 fully saturated rings. The second-order valence-electron chi connectivity index (χ2n) is 15.2. The number of nitrogens with one attached hydrogen (secondary N) is 1.